The van der Waals surface area contributed by atoms with Crippen molar-refractivity contribution in [3.05, 3.63) is 29.8 Å². The molecule has 1 aliphatic heterocycles. The van der Waals surface area contributed by atoms with Gasteiger partial charge in [0.25, 0.3) is 0 Å². The number of aliphatic hydroxyl groups is 3. The predicted octanol–water partition coefficient (Wildman–Crippen LogP) is -1.06. The molecule has 1 aromatic rings. The van der Waals surface area contributed by atoms with Crippen LogP contribution >= 0.6 is 0 Å². The van der Waals surface area contributed by atoms with Crippen LogP contribution in [-0.2, 0) is 23.8 Å². The van der Waals surface area contributed by atoms with Crippen molar-refractivity contribution in [2.24, 2.45) is 0 Å². The third-order valence-electron chi connectivity index (χ3n) is 3.84. The maximum atomic E-state index is 11.7. The van der Waals surface area contributed by atoms with E-state index in [4.69, 9.17) is 9.47 Å². The van der Waals surface area contributed by atoms with Crippen molar-refractivity contribution >= 4 is 18.0 Å². The number of carbonyl (C=O) groups excluding carboxylic acids is 2. The van der Waals surface area contributed by atoms with Crippen molar-refractivity contribution in [3.8, 4) is 11.5 Å². The number of rotatable bonds is 5. The fraction of sp³-hybridized carbons (Fsp3) is 0.412. The van der Waals surface area contributed by atoms with Crippen molar-refractivity contribution in [1.82, 2.24) is 0 Å². The van der Waals surface area contributed by atoms with Crippen LogP contribution in [0.5, 0.6) is 11.5 Å². The Kier molecular flexibility index (Phi) is 6.75. The van der Waals surface area contributed by atoms with Crippen LogP contribution in [0.4, 0.5) is 0 Å². The van der Waals surface area contributed by atoms with Crippen LogP contribution in [0.15, 0.2) is 24.3 Å². The number of carbonyl (C=O) groups is 2. The van der Waals surface area contributed by atoms with Crippen LogP contribution in [0.1, 0.15) is 5.56 Å². The van der Waals surface area contributed by atoms with Crippen LogP contribution in [0.2, 0.25) is 0 Å². The number of benzene rings is 1. The molecule has 1 aromatic carbocycles. The number of esters is 2. The first-order valence-electron chi connectivity index (χ1n) is 7.81. The molecule has 27 heavy (non-hydrogen) atoms. The quantitative estimate of drug-likeness (QED) is 0.365. The fourth-order valence-corrected chi connectivity index (χ4v) is 2.34. The summed E-state index contributed by atoms with van der Waals surface area (Å²) in [4.78, 5) is 22.8. The number of hydrogen-bond donors (Lipinski definition) is 4. The zero-order valence-electron chi connectivity index (χ0n) is 14.5. The first-order chi connectivity index (χ1) is 12.8. The molecule has 0 unspecified atom stereocenters. The molecule has 1 aliphatic rings. The molecular formula is C17H20O10. The van der Waals surface area contributed by atoms with E-state index in [2.05, 4.69) is 9.47 Å². The highest BCUT2D eigenvalue weighted by Gasteiger charge is 2.48. The summed E-state index contributed by atoms with van der Waals surface area (Å²) in [5.74, 6) is -2.04. The van der Waals surface area contributed by atoms with Crippen LogP contribution in [0, 0.1) is 0 Å². The number of aromatic hydroxyl groups is 1. The topological polar surface area (TPSA) is 152 Å². The van der Waals surface area contributed by atoms with Crippen molar-refractivity contribution in [3.63, 3.8) is 0 Å². The Bertz CT molecular complexity index is 716. The first kappa shape index (κ1) is 20.6. The second-order valence-electron chi connectivity index (χ2n) is 5.62. The van der Waals surface area contributed by atoms with Crippen molar-refractivity contribution in [2.45, 2.75) is 30.7 Å². The van der Waals surface area contributed by atoms with E-state index in [0.717, 1.165) is 13.2 Å². The van der Waals surface area contributed by atoms with Crippen molar-refractivity contribution in [2.75, 3.05) is 14.2 Å². The molecule has 0 aromatic heterocycles. The lowest BCUT2D eigenvalue weighted by atomic mass is 9.99. The molecule has 1 fully saturated rings. The van der Waals surface area contributed by atoms with Gasteiger partial charge in [-0.1, -0.05) is 6.07 Å². The van der Waals surface area contributed by atoms with Gasteiger partial charge in [-0.25, -0.2) is 9.59 Å². The van der Waals surface area contributed by atoms with Crippen LogP contribution in [0.3, 0.4) is 0 Å². The number of methoxy groups -OCH3 is 2. The Labute approximate surface area is 154 Å². The fourth-order valence-electron chi connectivity index (χ4n) is 2.34. The second-order valence-corrected chi connectivity index (χ2v) is 5.62. The third kappa shape index (κ3) is 4.74. The molecule has 5 atom stereocenters. The number of hydrogen-bond acceptors (Lipinski definition) is 10. The number of phenols is 1. The zero-order valence-corrected chi connectivity index (χ0v) is 14.5. The summed E-state index contributed by atoms with van der Waals surface area (Å²) >= 11 is 0. The molecule has 4 N–H and O–H groups in total. The van der Waals surface area contributed by atoms with E-state index in [0.29, 0.717) is 5.56 Å². The van der Waals surface area contributed by atoms with Gasteiger partial charge in [0.15, 0.2) is 17.6 Å². The second kappa shape index (κ2) is 8.82. The monoisotopic (exact) mass is 384 g/mol. The van der Waals surface area contributed by atoms with Gasteiger partial charge < -0.3 is 39.4 Å². The van der Waals surface area contributed by atoms with E-state index in [1.54, 1.807) is 0 Å². The minimum Gasteiger partial charge on any atom is -0.504 e. The molecule has 0 saturated carbocycles. The molecule has 1 heterocycles. The van der Waals surface area contributed by atoms with E-state index < -0.39 is 42.6 Å². The smallest absolute Gasteiger partial charge is 0.337 e. The Balaban J connectivity index is 2.22. The molecule has 10 nitrogen and oxygen atoms in total. The lowest BCUT2D eigenvalue weighted by Gasteiger charge is -2.38. The van der Waals surface area contributed by atoms with E-state index in [9.17, 15) is 30.0 Å². The summed E-state index contributed by atoms with van der Waals surface area (Å²) in [5, 5.41) is 39.7. The maximum Gasteiger partial charge on any atom is 0.337 e. The maximum absolute atomic E-state index is 11.7. The lowest BCUT2D eigenvalue weighted by molar-refractivity contribution is -0.272. The van der Waals surface area contributed by atoms with Crippen LogP contribution in [0.25, 0.3) is 6.08 Å². The Morgan fingerprint density at radius 3 is 2.41 bits per heavy atom. The van der Waals surface area contributed by atoms with Gasteiger partial charge in [-0.3, -0.25) is 0 Å². The number of phenolic OH excluding ortho intramolecular Hbond substituents is 1. The van der Waals surface area contributed by atoms with Gasteiger partial charge in [0, 0.05) is 6.08 Å². The largest absolute Gasteiger partial charge is 0.504 e. The third-order valence-corrected chi connectivity index (χ3v) is 3.84. The number of ether oxygens (including phenoxy) is 4. The van der Waals surface area contributed by atoms with Gasteiger partial charge in [-0.05, 0) is 23.8 Å². The van der Waals surface area contributed by atoms with E-state index in [-0.39, 0.29) is 11.5 Å². The Morgan fingerprint density at radius 2 is 1.78 bits per heavy atom. The minimum atomic E-state index is -1.75. The van der Waals surface area contributed by atoms with Crippen LogP contribution < -0.4 is 4.74 Å². The molecule has 0 bridgehead atoms. The van der Waals surface area contributed by atoms with Crippen LogP contribution in [-0.4, -0.2) is 77.3 Å². The number of aliphatic hydroxyl groups excluding tert-OH is 3. The SMILES string of the molecule is COC(=O)/C=C/c1ccc(O)c(O[C@@H]2O[C@H](C(=O)OC)[C@@H](O)[C@H](O)[C@H]2O)c1. The predicted molar refractivity (Wildman–Crippen MR) is 88.5 cm³/mol. The highest BCUT2D eigenvalue weighted by atomic mass is 16.7. The van der Waals surface area contributed by atoms with Crippen molar-refractivity contribution < 1.29 is 49.0 Å². The van der Waals surface area contributed by atoms with E-state index in [1.807, 2.05) is 0 Å². The van der Waals surface area contributed by atoms with Gasteiger partial charge in [0.2, 0.25) is 6.29 Å². The average molecular weight is 384 g/mol. The molecule has 0 spiro atoms. The van der Waals surface area contributed by atoms with Gasteiger partial charge in [0.05, 0.1) is 14.2 Å². The van der Waals surface area contributed by atoms with Gasteiger partial charge in [0.1, 0.15) is 18.3 Å². The molecule has 148 valence electrons. The zero-order chi connectivity index (χ0) is 20.1. The molecule has 1 saturated heterocycles. The van der Waals surface area contributed by atoms with Gasteiger partial charge in [-0.2, -0.15) is 0 Å². The summed E-state index contributed by atoms with van der Waals surface area (Å²) in [7, 11) is 2.28. The average Bonchev–Trinajstić information content (AvgIpc) is 2.67. The molecular weight excluding hydrogens is 364 g/mol. The normalized spacial score (nSPS) is 28.0. The first-order valence-corrected chi connectivity index (χ1v) is 7.81. The summed E-state index contributed by atoms with van der Waals surface area (Å²) in [5.41, 5.74) is 0.448. The lowest BCUT2D eigenvalue weighted by Crippen LogP contribution is -2.61. The molecule has 10 heteroatoms. The van der Waals surface area contributed by atoms with E-state index in [1.165, 1.54) is 31.4 Å². The molecule has 2 rings (SSSR count). The standard InChI is InChI=1S/C17H20O10/c1-24-11(19)6-4-8-3-5-9(18)10(7-8)26-17-14(22)12(20)13(21)15(27-17)16(23)25-2/h3-7,12-15,17-18,20-22H,1-2H3/b6-4+/t12-,13-,14+,15-,17+/m0/s1. The molecule has 0 aliphatic carbocycles. The van der Waals surface area contributed by atoms with Crippen molar-refractivity contribution in [1.29, 1.82) is 0 Å². The minimum absolute atomic E-state index is 0.154. The highest BCUT2D eigenvalue weighted by Crippen LogP contribution is 2.31. The molecule has 0 amide bonds. The van der Waals surface area contributed by atoms with Gasteiger partial charge >= 0.3 is 11.9 Å². The Hall–Kier alpha value is -2.66. The summed E-state index contributed by atoms with van der Waals surface area (Å²) in [6.07, 6.45) is -5.83. The molecule has 0 radical (unpaired) electrons. The summed E-state index contributed by atoms with van der Waals surface area (Å²) in [6.45, 7) is 0. The summed E-state index contributed by atoms with van der Waals surface area (Å²) in [6, 6.07) is 4.08. The van der Waals surface area contributed by atoms with E-state index >= 15 is 0 Å². The highest BCUT2D eigenvalue weighted by molar-refractivity contribution is 5.87. The Morgan fingerprint density at radius 1 is 1.07 bits per heavy atom. The van der Waals surface area contributed by atoms with Gasteiger partial charge in [-0.15, -0.1) is 0 Å². The summed E-state index contributed by atoms with van der Waals surface area (Å²) < 4.78 is 19.5.